The third kappa shape index (κ3) is 5.53. The van der Waals surface area contributed by atoms with Gasteiger partial charge in [-0.3, -0.25) is 0 Å². The lowest BCUT2D eigenvalue weighted by atomic mass is 10.00. The third-order valence-corrected chi connectivity index (χ3v) is 7.08. The summed E-state index contributed by atoms with van der Waals surface area (Å²) in [6.45, 7) is 12.0. The van der Waals surface area contributed by atoms with Gasteiger partial charge < -0.3 is 20.7 Å². The van der Waals surface area contributed by atoms with Gasteiger partial charge in [0.2, 0.25) is 5.95 Å². The number of tetrazole rings is 1. The minimum absolute atomic E-state index is 0.0804. The van der Waals surface area contributed by atoms with E-state index in [4.69, 9.17) is 15.5 Å². The van der Waals surface area contributed by atoms with Crippen molar-refractivity contribution in [2.24, 2.45) is 7.05 Å². The number of nitrogens with two attached hydrogens (primary N) is 1. The number of fused-ring (bicyclic) bond motifs is 1. The van der Waals surface area contributed by atoms with Crippen LogP contribution >= 0.6 is 0 Å². The van der Waals surface area contributed by atoms with E-state index >= 15 is 0 Å². The van der Waals surface area contributed by atoms with Crippen LogP contribution in [0.3, 0.4) is 0 Å². The Morgan fingerprint density at radius 3 is 2.59 bits per heavy atom. The molecule has 3 atom stereocenters. The second-order valence-corrected chi connectivity index (χ2v) is 10.2. The van der Waals surface area contributed by atoms with Gasteiger partial charge in [-0.05, 0) is 68.3 Å². The molecular weight excluding hydrogens is 492 g/mol. The third-order valence-electron chi connectivity index (χ3n) is 7.08. The normalized spacial score (nSPS) is 18.7. The van der Waals surface area contributed by atoms with E-state index in [1.54, 1.807) is 11.7 Å². The van der Waals surface area contributed by atoms with E-state index < -0.39 is 0 Å². The van der Waals surface area contributed by atoms with E-state index in [2.05, 4.69) is 87.7 Å². The first kappa shape index (κ1) is 26.5. The van der Waals surface area contributed by atoms with E-state index in [9.17, 15) is 0 Å². The van der Waals surface area contributed by atoms with Gasteiger partial charge in [0.25, 0.3) is 0 Å². The molecule has 0 aliphatic carbocycles. The summed E-state index contributed by atoms with van der Waals surface area (Å²) < 4.78 is 7.64. The lowest BCUT2D eigenvalue weighted by molar-refractivity contribution is -0.00550. The maximum Gasteiger partial charge on any atom is 0.222 e. The number of nitrogen functional groups attached to an aromatic ring is 1. The first-order valence-electron chi connectivity index (χ1n) is 13.3. The van der Waals surface area contributed by atoms with Crippen LogP contribution in [0.4, 0.5) is 17.6 Å². The molecular formula is C28H36N10O. The van der Waals surface area contributed by atoms with E-state index in [0.29, 0.717) is 11.6 Å². The highest BCUT2D eigenvalue weighted by Gasteiger charge is 2.28. The van der Waals surface area contributed by atoms with Crippen LogP contribution in [0, 0.1) is 13.8 Å². The Kier molecular flexibility index (Phi) is 7.42. The average Bonchev–Trinajstić information content (AvgIpc) is 3.30. The van der Waals surface area contributed by atoms with E-state index in [-0.39, 0.29) is 24.2 Å². The summed E-state index contributed by atoms with van der Waals surface area (Å²) >= 11 is 0. The Balaban J connectivity index is 1.59. The molecule has 1 saturated heterocycles. The molecule has 5 rings (SSSR count). The molecule has 1 aliphatic rings. The SMILES string of the molecule is CCC(Nc1nc(N)nc(C)c1C=Cc1nnnn1C)c1cc2cccc(C)c2nc1N1C[C@@H](C)O[C@@H](C)C1. The van der Waals surface area contributed by atoms with Crippen LogP contribution in [0.1, 0.15) is 61.4 Å². The predicted octanol–water partition coefficient (Wildman–Crippen LogP) is 4.09. The van der Waals surface area contributed by atoms with Gasteiger partial charge in [-0.15, -0.1) is 5.10 Å². The first-order chi connectivity index (χ1) is 18.7. The molecule has 0 spiro atoms. The predicted molar refractivity (Wildman–Crippen MR) is 154 cm³/mol. The van der Waals surface area contributed by atoms with Crippen molar-refractivity contribution in [2.75, 3.05) is 29.0 Å². The highest BCUT2D eigenvalue weighted by Crippen LogP contribution is 2.35. The lowest BCUT2D eigenvalue weighted by Crippen LogP contribution is -2.46. The van der Waals surface area contributed by atoms with Crippen LogP contribution in [-0.2, 0) is 11.8 Å². The second kappa shape index (κ2) is 10.9. The van der Waals surface area contributed by atoms with Crippen molar-refractivity contribution in [3.63, 3.8) is 0 Å². The fourth-order valence-corrected chi connectivity index (χ4v) is 5.23. The number of para-hydroxylation sites is 1. The summed E-state index contributed by atoms with van der Waals surface area (Å²) in [7, 11) is 1.79. The van der Waals surface area contributed by atoms with Crippen LogP contribution in [-0.4, -0.2) is 60.5 Å². The smallest absolute Gasteiger partial charge is 0.222 e. The molecule has 3 aromatic heterocycles. The van der Waals surface area contributed by atoms with Gasteiger partial charge in [0.1, 0.15) is 11.6 Å². The Morgan fingerprint density at radius 1 is 1.13 bits per heavy atom. The zero-order valence-electron chi connectivity index (χ0n) is 23.4. The van der Waals surface area contributed by atoms with Gasteiger partial charge in [-0.25, -0.2) is 14.6 Å². The summed E-state index contributed by atoms with van der Waals surface area (Å²) in [5, 5.41) is 16.5. The topological polar surface area (TPSA) is 133 Å². The number of hydrogen-bond acceptors (Lipinski definition) is 10. The van der Waals surface area contributed by atoms with Crippen LogP contribution in [0.2, 0.25) is 0 Å². The molecule has 0 amide bonds. The molecule has 0 radical (unpaired) electrons. The Bertz CT molecular complexity index is 1500. The Hall–Kier alpha value is -4.12. The highest BCUT2D eigenvalue weighted by atomic mass is 16.5. The zero-order valence-corrected chi connectivity index (χ0v) is 23.4. The molecule has 1 unspecified atom stereocenters. The van der Waals surface area contributed by atoms with Crippen molar-refractivity contribution < 1.29 is 4.74 Å². The van der Waals surface area contributed by atoms with Gasteiger partial charge in [0, 0.05) is 36.7 Å². The summed E-state index contributed by atoms with van der Waals surface area (Å²) in [5.41, 5.74) is 11.0. The highest BCUT2D eigenvalue weighted by molar-refractivity contribution is 5.85. The number of hydrogen-bond donors (Lipinski definition) is 2. The van der Waals surface area contributed by atoms with Crippen LogP contribution in [0.25, 0.3) is 23.1 Å². The van der Waals surface area contributed by atoms with Crippen LogP contribution < -0.4 is 16.0 Å². The van der Waals surface area contributed by atoms with Gasteiger partial charge in [0.05, 0.1) is 29.5 Å². The first-order valence-corrected chi connectivity index (χ1v) is 13.3. The molecule has 11 nitrogen and oxygen atoms in total. The van der Waals surface area contributed by atoms with Crippen LogP contribution in [0.15, 0.2) is 24.3 Å². The number of aromatic nitrogens is 7. The molecule has 11 heteroatoms. The fourth-order valence-electron chi connectivity index (χ4n) is 5.23. The molecule has 39 heavy (non-hydrogen) atoms. The van der Waals surface area contributed by atoms with Crippen molar-refractivity contribution in [3.8, 4) is 0 Å². The number of anilines is 3. The van der Waals surface area contributed by atoms with Gasteiger partial charge in [0.15, 0.2) is 5.82 Å². The maximum absolute atomic E-state index is 6.11. The molecule has 4 heterocycles. The molecule has 4 aromatic rings. The lowest BCUT2D eigenvalue weighted by Gasteiger charge is -2.38. The number of aryl methyl sites for hydroxylation is 3. The Labute approximate surface area is 228 Å². The molecule has 204 valence electrons. The number of nitrogens with one attached hydrogen (secondary N) is 1. The van der Waals surface area contributed by atoms with Crippen molar-refractivity contribution >= 4 is 40.6 Å². The summed E-state index contributed by atoms with van der Waals surface area (Å²) in [5.74, 6) is 2.46. The largest absolute Gasteiger partial charge is 0.372 e. The molecule has 1 aliphatic heterocycles. The molecule has 0 bridgehead atoms. The standard InChI is InChI=1S/C28H36N10O/c1-7-23(31-26-21(19(5)30-28(29)33-26)11-12-24-34-35-36-37(24)6)22-13-20-10-8-9-16(2)25(20)32-27(22)38-14-17(3)39-18(4)15-38/h8-13,17-18,23H,7,14-15H2,1-6H3,(H3,29,30,31,33)/t17-,18+,23?. The van der Waals surface area contributed by atoms with E-state index in [1.165, 1.54) is 0 Å². The van der Waals surface area contributed by atoms with Crippen molar-refractivity contribution in [2.45, 2.75) is 59.3 Å². The number of pyridine rings is 1. The molecule has 3 N–H and O–H groups in total. The van der Waals surface area contributed by atoms with Crippen LogP contribution in [0.5, 0.6) is 0 Å². The number of rotatable bonds is 7. The Morgan fingerprint density at radius 2 is 1.90 bits per heavy atom. The number of nitrogens with zero attached hydrogens (tertiary/aromatic N) is 8. The van der Waals surface area contributed by atoms with E-state index in [0.717, 1.165) is 58.6 Å². The second-order valence-electron chi connectivity index (χ2n) is 10.2. The summed E-state index contributed by atoms with van der Waals surface area (Å²) in [4.78, 5) is 16.6. The van der Waals surface area contributed by atoms with E-state index in [1.807, 2.05) is 19.1 Å². The minimum atomic E-state index is -0.0804. The molecule has 1 fully saturated rings. The average molecular weight is 529 g/mol. The number of benzene rings is 1. The summed E-state index contributed by atoms with van der Waals surface area (Å²) in [6, 6.07) is 8.49. The summed E-state index contributed by atoms with van der Waals surface area (Å²) in [6.07, 6.45) is 4.79. The van der Waals surface area contributed by atoms with Crippen molar-refractivity contribution in [1.29, 1.82) is 0 Å². The van der Waals surface area contributed by atoms with Crippen molar-refractivity contribution in [3.05, 3.63) is 52.5 Å². The van der Waals surface area contributed by atoms with Gasteiger partial charge in [-0.2, -0.15) is 4.98 Å². The quantitative estimate of drug-likeness (QED) is 0.361. The fraction of sp³-hybridized carbons (Fsp3) is 0.429. The molecule has 1 aromatic carbocycles. The van der Waals surface area contributed by atoms with Gasteiger partial charge >= 0.3 is 0 Å². The monoisotopic (exact) mass is 528 g/mol. The van der Waals surface area contributed by atoms with Gasteiger partial charge in [-0.1, -0.05) is 25.1 Å². The zero-order chi connectivity index (χ0) is 27.7. The minimum Gasteiger partial charge on any atom is -0.372 e. The number of morpholine rings is 1. The molecule has 0 saturated carbocycles. The number of ether oxygens (including phenoxy) is 1. The maximum atomic E-state index is 6.11. The van der Waals surface area contributed by atoms with Crippen molar-refractivity contribution in [1.82, 2.24) is 35.2 Å².